The number of aromatic nitrogens is 4. The molecule has 1 N–H and O–H groups in total. The van der Waals surface area contributed by atoms with Crippen LogP contribution in [0.15, 0.2) is 30.6 Å². The minimum atomic E-state index is -0.000684. The summed E-state index contributed by atoms with van der Waals surface area (Å²) in [4.78, 5) is 13.6. The van der Waals surface area contributed by atoms with E-state index in [-0.39, 0.29) is 6.23 Å². The summed E-state index contributed by atoms with van der Waals surface area (Å²) in [6.45, 7) is 3.34. The second-order valence-corrected chi connectivity index (χ2v) is 6.65. The highest BCUT2D eigenvalue weighted by Gasteiger charge is 2.22. The lowest BCUT2D eigenvalue weighted by Crippen LogP contribution is -2.08. The molecule has 1 aliphatic rings. The number of benzene rings is 1. The lowest BCUT2D eigenvalue weighted by molar-refractivity contribution is 0.0592. The van der Waals surface area contributed by atoms with Crippen molar-refractivity contribution in [2.45, 2.75) is 26.0 Å². The minimum absolute atomic E-state index is 0.000684. The van der Waals surface area contributed by atoms with E-state index in [0.29, 0.717) is 16.3 Å². The molecule has 0 spiro atoms. The molecular formula is C17H18IN5O2. The van der Waals surface area contributed by atoms with Gasteiger partial charge in [-0.1, -0.05) is 12.1 Å². The Morgan fingerprint density at radius 2 is 2.24 bits per heavy atom. The molecule has 130 valence electrons. The summed E-state index contributed by atoms with van der Waals surface area (Å²) in [6, 6.07) is 7.80. The van der Waals surface area contributed by atoms with Crippen LogP contribution in [-0.2, 0) is 4.74 Å². The quantitative estimate of drug-likeness (QED) is 0.469. The van der Waals surface area contributed by atoms with Crippen molar-refractivity contribution in [2.75, 3.05) is 18.5 Å². The molecule has 1 unspecified atom stereocenters. The number of hydrogen-bond acceptors (Lipinski definition) is 6. The van der Waals surface area contributed by atoms with Crippen molar-refractivity contribution in [1.82, 2.24) is 19.5 Å². The highest BCUT2D eigenvalue weighted by atomic mass is 127. The molecule has 3 heterocycles. The van der Waals surface area contributed by atoms with Crippen molar-refractivity contribution in [3.63, 3.8) is 0 Å². The third-order valence-corrected chi connectivity index (χ3v) is 4.53. The highest BCUT2D eigenvalue weighted by molar-refractivity contribution is 14.1. The molecule has 7 nitrogen and oxygen atoms in total. The zero-order valence-electron chi connectivity index (χ0n) is 13.8. The van der Waals surface area contributed by atoms with Crippen LogP contribution in [0.1, 0.15) is 26.0 Å². The fourth-order valence-electron chi connectivity index (χ4n) is 2.95. The first-order chi connectivity index (χ1) is 12.3. The van der Waals surface area contributed by atoms with E-state index in [9.17, 15) is 0 Å². The van der Waals surface area contributed by atoms with Gasteiger partial charge in [-0.25, -0.2) is 15.0 Å². The van der Waals surface area contributed by atoms with Gasteiger partial charge in [0.2, 0.25) is 0 Å². The number of nitrogens with zero attached hydrogens (tertiary/aromatic N) is 4. The Labute approximate surface area is 158 Å². The molecule has 0 amide bonds. The van der Waals surface area contributed by atoms with Gasteiger partial charge in [0.15, 0.2) is 20.8 Å². The SMILES string of the molecule is CCOc1ccccc1Nc1nc(I)nc2c1ncn2C1CCCO1. The Hall–Kier alpha value is -1.94. The molecule has 1 aromatic carbocycles. The van der Waals surface area contributed by atoms with Gasteiger partial charge in [-0.3, -0.25) is 4.57 Å². The highest BCUT2D eigenvalue weighted by Crippen LogP contribution is 2.32. The minimum Gasteiger partial charge on any atom is -0.492 e. The number of ether oxygens (including phenoxy) is 2. The van der Waals surface area contributed by atoms with Crippen LogP contribution in [0.3, 0.4) is 0 Å². The van der Waals surface area contributed by atoms with Crippen LogP contribution < -0.4 is 10.1 Å². The van der Waals surface area contributed by atoms with Crippen molar-refractivity contribution in [3.05, 3.63) is 34.4 Å². The molecule has 0 aliphatic carbocycles. The summed E-state index contributed by atoms with van der Waals surface area (Å²) in [5.74, 6) is 1.45. The lowest BCUT2D eigenvalue weighted by atomic mass is 10.3. The van der Waals surface area contributed by atoms with E-state index in [2.05, 4.69) is 42.9 Å². The zero-order chi connectivity index (χ0) is 17.2. The maximum Gasteiger partial charge on any atom is 0.194 e. The summed E-state index contributed by atoms with van der Waals surface area (Å²) >= 11 is 2.12. The van der Waals surface area contributed by atoms with E-state index in [1.54, 1.807) is 6.33 Å². The Balaban J connectivity index is 1.75. The average molecular weight is 451 g/mol. The topological polar surface area (TPSA) is 74.1 Å². The van der Waals surface area contributed by atoms with E-state index in [0.717, 1.165) is 42.0 Å². The smallest absolute Gasteiger partial charge is 0.194 e. The normalized spacial score (nSPS) is 17.1. The van der Waals surface area contributed by atoms with Gasteiger partial charge in [0, 0.05) is 29.2 Å². The average Bonchev–Trinajstić information content (AvgIpc) is 3.25. The maximum absolute atomic E-state index is 5.77. The second-order valence-electron chi connectivity index (χ2n) is 5.69. The number of anilines is 2. The summed E-state index contributed by atoms with van der Waals surface area (Å²) in [7, 11) is 0. The van der Waals surface area contributed by atoms with Crippen LogP contribution in [-0.4, -0.2) is 32.7 Å². The molecule has 1 fully saturated rings. The molecule has 0 bridgehead atoms. The van der Waals surface area contributed by atoms with Gasteiger partial charge in [0.25, 0.3) is 0 Å². The molecule has 0 radical (unpaired) electrons. The van der Waals surface area contributed by atoms with Crippen LogP contribution in [0.4, 0.5) is 11.5 Å². The van der Waals surface area contributed by atoms with Gasteiger partial charge in [0.1, 0.15) is 12.0 Å². The van der Waals surface area contributed by atoms with E-state index >= 15 is 0 Å². The van der Waals surface area contributed by atoms with Crippen molar-refractivity contribution in [2.24, 2.45) is 0 Å². The van der Waals surface area contributed by atoms with Crippen molar-refractivity contribution < 1.29 is 9.47 Å². The third-order valence-electron chi connectivity index (χ3n) is 4.05. The largest absolute Gasteiger partial charge is 0.492 e. The summed E-state index contributed by atoms with van der Waals surface area (Å²) in [5.41, 5.74) is 2.36. The Morgan fingerprint density at radius 3 is 3.04 bits per heavy atom. The van der Waals surface area contributed by atoms with E-state index in [1.807, 2.05) is 35.8 Å². The van der Waals surface area contributed by atoms with Gasteiger partial charge in [-0.2, -0.15) is 0 Å². The number of imidazole rings is 1. The van der Waals surface area contributed by atoms with Crippen LogP contribution in [0.2, 0.25) is 0 Å². The van der Waals surface area contributed by atoms with Crippen molar-refractivity contribution in [1.29, 1.82) is 0 Å². The van der Waals surface area contributed by atoms with Gasteiger partial charge < -0.3 is 14.8 Å². The maximum atomic E-state index is 5.77. The van der Waals surface area contributed by atoms with Gasteiger partial charge in [-0.05, 0) is 31.9 Å². The summed E-state index contributed by atoms with van der Waals surface area (Å²) in [6.07, 6.45) is 3.81. The van der Waals surface area contributed by atoms with Crippen molar-refractivity contribution in [3.8, 4) is 5.75 Å². The second kappa shape index (κ2) is 7.12. The summed E-state index contributed by atoms with van der Waals surface area (Å²) in [5, 5.41) is 3.35. The Kier molecular flexibility index (Phi) is 4.71. The lowest BCUT2D eigenvalue weighted by Gasteiger charge is -2.13. The van der Waals surface area contributed by atoms with Crippen molar-refractivity contribution >= 4 is 45.3 Å². The Bertz CT molecular complexity index is 892. The zero-order valence-corrected chi connectivity index (χ0v) is 15.9. The molecule has 1 saturated heterocycles. The number of para-hydroxylation sites is 2. The van der Waals surface area contributed by atoms with Crippen LogP contribution >= 0.6 is 22.6 Å². The van der Waals surface area contributed by atoms with E-state index in [4.69, 9.17) is 9.47 Å². The van der Waals surface area contributed by atoms with Crippen LogP contribution in [0.25, 0.3) is 11.2 Å². The predicted octanol–water partition coefficient (Wildman–Crippen LogP) is 3.88. The van der Waals surface area contributed by atoms with Gasteiger partial charge in [-0.15, -0.1) is 0 Å². The molecular weight excluding hydrogens is 433 g/mol. The van der Waals surface area contributed by atoms with Crippen LogP contribution in [0.5, 0.6) is 5.75 Å². The fourth-order valence-corrected chi connectivity index (χ4v) is 3.42. The standard InChI is InChI=1S/C17H18IN5O2/c1-2-24-12-7-4-3-6-11(12)20-15-14-16(22-17(18)21-15)23(10-19-14)13-8-5-9-25-13/h3-4,6-7,10,13H,2,5,8-9H2,1H3,(H,20,21,22). The number of halogens is 1. The molecule has 0 saturated carbocycles. The van der Waals surface area contributed by atoms with E-state index in [1.165, 1.54) is 0 Å². The number of fused-ring (bicyclic) bond motifs is 1. The van der Waals surface area contributed by atoms with Crippen LogP contribution in [0, 0.1) is 3.83 Å². The summed E-state index contributed by atoms with van der Waals surface area (Å²) < 4.78 is 14.1. The number of nitrogens with one attached hydrogen (secondary N) is 1. The molecule has 1 atom stereocenters. The number of rotatable bonds is 5. The molecule has 8 heteroatoms. The first-order valence-electron chi connectivity index (χ1n) is 8.27. The fraction of sp³-hybridized carbons (Fsp3) is 0.353. The Morgan fingerprint density at radius 1 is 1.36 bits per heavy atom. The molecule has 3 aromatic rings. The first kappa shape index (κ1) is 16.5. The predicted molar refractivity (Wildman–Crippen MR) is 103 cm³/mol. The molecule has 2 aromatic heterocycles. The van der Waals surface area contributed by atoms with E-state index < -0.39 is 0 Å². The monoisotopic (exact) mass is 451 g/mol. The molecule has 25 heavy (non-hydrogen) atoms. The third kappa shape index (κ3) is 3.28. The molecule has 4 rings (SSSR count). The van der Waals surface area contributed by atoms with Gasteiger partial charge >= 0.3 is 0 Å². The van der Waals surface area contributed by atoms with Gasteiger partial charge in [0.05, 0.1) is 18.6 Å². The number of hydrogen-bond donors (Lipinski definition) is 1. The first-order valence-corrected chi connectivity index (χ1v) is 9.34. The molecule has 1 aliphatic heterocycles.